The molecule has 4 heteroatoms. The van der Waals surface area contributed by atoms with E-state index in [4.69, 9.17) is 10.1 Å². The number of nitrogens with zero attached hydrogens (tertiary/aromatic N) is 3. The van der Waals surface area contributed by atoms with Crippen molar-refractivity contribution in [1.29, 1.82) is 5.26 Å². The van der Waals surface area contributed by atoms with Crippen molar-refractivity contribution in [2.75, 3.05) is 24.6 Å². The maximum atomic E-state index is 9.39. The van der Waals surface area contributed by atoms with E-state index in [2.05, 4.69) is 17.0 Å². The summed E-state index contributed by atoms with van der Waals surface area (Å²) in [4.78, 5) is 7.03. The monoisotopic (exact) mass is 271 g/mol. The summed E-state index contributed by atoms with van der Waals surface area (Å²) >= 11 is 0. The standard InChI is InChI=1S/C16H21N3O/c17-10-14-9-13-3-1-2-4-15(13)18-16(14)19-7-5-12(11-19)6-8-20/h9,12,20H,1-8,11H2. The number of aliphatic hydroxyl groups excluding tert-OH is 1. The predicted octanol–water partition coefficient (Wildman–Crippen LogP) is 2.04. The number of aliphatic hydroxyl groups is 1. The molecule has 0 saturated carbocycles. The smallest absolute Gasteiger partial charge is 0.146 e. The Balaban J connectivity index is 1.87. The molecule has 20 heavy (non-hydrogen) atoms. The largest absolute Gasteiger partial charge is 0.396 e. The highest BCUT2D eigenvalue weighted by Crippen LogP contribution is 2.30. The molecule has 1 aromatic rings. The van der Waals surface area contributed by atoms with Gasteiger partial charge >= 0.3 is 0 Å². The highest BCUT2D eigenvalue weighted by molar-refractivity contribution is 5.57. The van der Waals surface area contributed by atoms with Crippen molar-refractivity contribution in [2.24, 2.45) is 5.92 Å². The molecular weight excluding hydrogens is 250 g/mol. The minimum Gasteiger partial charge on any atom is -0.396 e. The Hall–Kier alpha value is -1.60. The summed E-state index contributed by atoms with van der Waals surface area (Å²) in [6.07, 6.45) is 6.46. The van der Waals surface area contributed by atoms with Crippen molar-refractivity contribution in [3.63, 3.8) is 0 Å². The molecule has 0 bridgehead atoms. The summed E-state index contributed by atoms with van der Waals surface area (Å²) in [5.74, 6) is 1.40. The molecule has 2 aliphatic rings. The van der Waals surface area contributed by atoms with Gasteiger partial charge in [-0.2, -0.15) is 5.26 Å². The number of fused-ring (bicyclic) bond motifs is 1. The maximum Gasteiger partial charge on any atom is 0.146 e. The zero-order valence-corrected chi connectivity index (χ0v) is 11.8. The van der Waals surface area contributed by atoms with Crippen molar-refractivity contribution in [3.8, 4) is 6.07 Å². The second-order valence-corrected chi connectivity index (χ2v) is 5.90. The first-order valence-corrected chi connectivity index (χ1v) is 7.60. The summed E-state index contributed by atoms with van der Waals surface area (Å²) < 4.78 is 0. The lowest BCUT2D eigenvalue weighted by atomic mass is 9.95. The van der Waals surface area contributed by atoms with Crippen molar-refractivity contribution in [2.45, 2.75) is 38.5 Å². The van der Waals surface area contributed by atoms with Crippen LogP contribution in [0, 0.1) is 17.2 Å². The minimum atomic E-state index is 0.251. The van der Waals surface area contributed by atoms with Crippen LogP contribution in [0.15, 0.2) is 6.07 Å². The number of aromatic nitrogens is 1. The Morgan fingerprint density at radius 1 is 1.40 bits per heavy atom. The number of hydrogen-bond acceptors (Lipinski definition) is 4. The Labute approximate surface area is 120 Å². The van der Waals surface area contributed by atoms with Crippen LogP contribution in [0.5, 0.6) is 0 Å². The lowest BCUT2D eigenvalue weighted by molar-refractivity contribution is 0.263. The van der Waals surface area contributed by atoms with Crippen LogP contribution in [0.2, 0.25) is 0 Å². The third kappa shape index (κ3) is 2.51. The number of anilines is 1. The Kier molecular flexibility index (Phi) is 3.88. The van der Waals surface area contributed by atoms with E-state index in [0.717, 1.165) is 50.2 Å². The summed E-state index contributed by atoms with van der Waals surface area (Å²) in [5, 5.41) is 18.4. The first-order chi connectivity index (χ1) is 9.81. The van der Waals surface area contributed by atoms with E-state index in [-0.39, 0.29) is 6.61 Å². The molecule has 3 rings (SSSR count). The number of aryl methyl sites for hydroxylation is 2. The van der Waals surface area contributed by atoms with Gasteiger partial charge in [-0.3, -0.25) is 0 Å². The van der Waals surface area contributed by atoms with Gasteiger partial charge in [-0.15, -0.1) is 0 Å². The van der Waals surface area contributed by atoms with Gasteiger partial charge in [-0.25, -0.2) is 4.98 Å². The molecule has 1 aliphatic heterocycles. The molecule has 1 aromatic heterocycles. The average Bonchev–Trinajstić information content (AvgIpc) is 2.94. The Bertz CT molecular complexity index is 535. The number of hydrogen-bond donors (Lipinski definition) is 1. The fraction of sp³-hybridized carbons (Fsp3) is 0.625. The van der Waals surface area contributed by atoms with Gasteiger partial charge in [-0.1, -0.05) is 0 Å². The summed E-state index contributed by atoms with van der Waals surface area (Å²) in [5.41, 5.74) is 3.17. The summed E-state index contributed by atoms with van der Waals surface area (Å²) in [6.45, 7) is 2.12. The molecule has 4 nitrogen and oxygen atoms in total. The van der Waals surface area contributed by atoms with Crippen LogP contribution in [-0.4, -0.2) is 29.8 Å². The fourth-order valence-electron chi connectivity index (χ4n) is 3.39. The van der Waals surface area contributed by atoms with Gasteiger partial charge in [-0.05, 0) is 56.1 Å². The molecule has 0 spiro atoms. The van der Waals surface area contributed by atoms with E-state index in [1.807, 2.05) is 0 Å². The van der Waals surface area contributed by atoms with Gasteiger partial charge in [0.05, 0.1) is 5.56 Å². The van der Waals surface area contributed by atoms with E-state index in [9.17, 15) is 5.26 Å². The average molecular weight is 271 g/mol. The SMILES string of the molecule is N#Cc1cc2c(nc1N1CCC(CCO)C1)CCCC2. The zero-order valence-electron chi connectivity index (χ0n) is 11.8. The maximum absolute atomic E-state index is 9.39. The molecular formula is C16H21N3O. The van der Waals surface area contributed by atoms with Gasteiger partial charge in [0.2, 0.25) is 0 Å². The van der Waals surface area contributed by atoms with E-state index in [1.54, 1.807) is 0 Å². The third-order valence-corrected chi connectivity index (χ3v) is 4.52. The highest BCUT2D eigenvalue weighted by Gasteiger charge is 2.26. The molecule has 1 saturated heterocycles. The van der Waals surface area contributed by atoms with Gasteiger partial charge in [0.15, 0.2) is 0 Å². The third-order valence-electron chi connectivity index (χ3n) is 4.52. The molecule has 1 atom stereocenters. The van der Waals surface area contributed by atoms with E-state index in [1.165, 1.54) is 24.1 Å². The fourth-order valence-corrected chi connectivity index (χ4v) is 3.39. The van der Waals surface area contributed by atoms with Crippen molar-refractivity contribution >= 4 is 5.82 Å². The second kappa shape index (κ2) is 5.80. The van der Waals surface area contributed by atoms with Gasteiger partial charge < -0.3 is 10.0 Å². The Morgan fingerprint density at radius 3 is 3.05 bits per heavy atom. The predicted molar refractivity (Wildman–Crippen MR) is 77.6 cm³/mol. The molecule has 1 aliphatic carbocycles. The normalized spacial score (nSPS) is 21.6. The lowest BCUT2D eigenvalue weighted by Gasteiger charge is -2.22. The van der Waals surface area contributed by atoms with Crippen molar-refractivity contribution in [1.82, 2.24) is 4.98 Å². The van der Waals surface area contributed by atoms with Crippen LogP contribution in [0.4, 0.5) is 5.82 Å². The molecule has 0 amide bonds. The first kappa shape index (κ1) is 13.4. The lowest BCUT2D eigenvalue weighted by Crippen LogP contribution is -2.23. The van der Waals surface area contributed by atoms with Crippen LogP contribution in [0.25, 0.3) is 0 Å². The van der Waals surface area contributed by atoms with E-state index in [0.29, 0.717) is 5.92 Å². The number of nitriles is 1. The second-order valence-electron chi connectivity index (χ2n) is 5.90. The van der Waals surface area contributed by atoms with Crippen LogP contribution in [-0.2, 0) is 12.8 Å². The molecule has 0 radical (unpaired) electrons. The van der Waals surface area contributed by atoms with Crippen LogP contribution in [0.1, 0.15) is 42.5 Å². The molecule has 1 fully saturated rings. The molecule has 1 N–H and O–H groups in total. The van der Waals surface area contributed by atoms with Gasteiger partial charge in [0.1, 0.15) is 11.9 Å². The molecule has 106 valence electrons. The van der Waals surface area contributed by atoms with Crippen LogP contribution in [0.3, 0.4) is 0 Å². The van der Waals surface area contributed by atoms with Gasteiger partial charge in [0.25, 0.3) is 0 Å². The summed E-state index contributed by atoms with van der Waals surface area (Å²) in [6, 6.07) is 4.37. The van der Waals surface area contributed by atoms with Crippen molar-refractivity contribution < 1.29 is 5.11 Å². The van der Waals surface area contributed by atoms with E-state index < -0.39 is 0 Å². The van der Waals surface area contributed by atoms with Crippen LogP contribution >= 0.6 is 0 Å². The topological polar surface area (TPSA) is 60.2 Å². The van der Waals surface area contributed by atoms with Gasteiger partial charge in [0, 0.05) is 25.4 Å². The first-order valence-electron chi connectivity index (χ1n) is 7.60. The minimum absolute atomic E-state index is 0.251. The highest BCUT2D eigenvalue weighted by atomic mass is 16.3. The zero-order chi connectivity index (χ0) is 13.9. The quantitative estimate of drug-likeness (QED) is 0.914. The molecule has 2 heterocycles. The number of rotatable bonds is 3. The van der Waals surface area contributed by atoms with E-state index >= 15 is 0 Å². The molecule has 1 unspecified atom stereocenters. The summed E-state index contributed by atoms with van der Waals surface area (Å²) in [7, 11) is 0. The Morgan fingerprint density at radius 2 is 2.25 bits per heavy atom. The number of pyridine rings is 1. The van der Waals surface area contributed by atoms with Crippen molar-refractivity contribution in [3.05, 3.63) is 22.9 Å². The van der Waals surface area contributed by atoms with Crippen LogP contribution < -0.4 is 4.90 Å². The molecule has 0 aromatic carbocycles.